The summed E-state index contributed by atoms with van der Waals surface area (Å²) in [5, 5.41) is 0. The average Bonchev–Trinajstić information content (AvgIpc) is 3.07. The van der Waals surface area contributed by atoms with Crippen LogP contribution >= 0.6 is 0 Å². The van der Waals surface area contributed by atoms with Crippen molar-refractivity contribution in [3.8, 4) is 17.2 Å². The van der Waals surface area contributed by atoms with Crippen molar-refractivity contribution in [1.29, 1.82) is 0 Å². The lowest BCUT2D eigenvalue weighted by Gasteiger charge is -2.18. The molecular weight excluding hydrogens is 566 g/mol. The summed E-state index contributed by atoms with van der Waals surface area (Å²) < 4.78 is 17.5. The fourth-order valence-electron chi connectivity index (χ4n) is 4.85. The molecule has 0 aliphatic carbocycles. The number of hydrogen-bond acceptors (Lipinski definition) is 7. The summed E-state index contributed by atoms with van der Waals surface area (Å²) in [5.41, 5.74) is 2.32. The van der Waals surface area contributed by atoms with Crippen molar-refractivity contribution in [2.24, 2.45) is 0 Å². The predicted molar refractivity (Wildman–Crippen MR) is 171 cm³/mol. The van der Waals surface area contributed by atoms with Gasteiger partial charge in [-0.25, -0.2) is 14.6 Å². The van der Waals surface area contributed by atoms with Crippen molar-refractivity contribution in [3.05, 3.63) is 154 Å². The van der Waals surface area contributed by atoms with Gasteiger partial charge in [-0.15, -0.1) is 0 Å². The number of esters is 2. The Morgan fingerprint density at radius 3 is 2.00 bits per heavy atom. The highest BCUT2D eigenvalue weighted by Gasteiger charge is 2.29. The monoisotopic (exact) mass is 599 g/mol. The lowest BCUT2D eigenvalue weighted by molar-refractivity contribution is 0.0502. The molecule has 7 nitrogen and oxygen atoms in total. The molecule has 0 saturated heterocycles. The summed E-state index contributed by atoms with van der Waals surface area (Å²) in [6, 6.07) is 34.2. The van der Waals surface area contributed by atoms with Crippen LogP contribution in [0.1, 0.15) is 66.9 Å². The minimum absolute atomic E-state index is 0.00521. The van der Waals surface area contributed by atoms with Gasteiger partial charge in [-0.2, -0.15) is 0 Å². The number of ether oxygens (including phenoxy) is 3. The van der Waals surface area contributed by atoms with Gasteiger partial charge in [0.2, 0.25) is 5.78 Å². The Balaban J connectivity index is 1.53. The minimum atomic E-state index is -0.700. The Morgan fingerprint density at radius 1 is 0.689 bits per heavy atom. The molecule has 1 aromatic heterocycles. The molecule has 45 heavy (non-hydrogen) atoms. The van der Waals surface area contributed by atoms with Gasteiger partial charge >= 0.3 is 11.9 Å². The molecule has 0 fully saturated rings. The van der Waals surface area contributed by atoms with Crippen LogP contribution in [-0.4, -0.2) is 29.3 Å². The van der Waals surface area contributed by atoms with Crippen LogP contribution in [0.25, 0.3) is 0 Å². The molecule has 0 aliphatic heterocycles. The van der Waals surface area contributed by atoms with Crippen molar-refractivity contribution < 1.29 is 28.6 Å². The third kappa shape index (κ3) is 7.70. The molecule has 1 heterocycles. The molecule has 0 aliphatic rings. The van der Waals surface area contributed by atoms with Crippen LogP contribution in [0.4, 0.5) is 0 Å². The first-order chi connectivity index (χ1) is 21.9. The Hall–Kier alpha value is -5.56. The van der Waals surface area contributed by atoms with E-state index >= 15 is 0 Å². The number of pyridine rings is 1. The molecule has 0 saturated carbocycles. The first kappa shape index (κ1) is 30.9. The SMILES string of the molecule is CCCc1nc(C(=O)c2cccc(Oc3ccccc3)c2)c(C)c(C(=O)OCCc2ccccc2)c1OC(=O)c1ccccc1. The van der Waals surface area contributed by atoms with Gasteiger partial charge in [0, 0.05) is 12.0 Å². The summed E-state index contributed by atoms with van der Waals surface area (Å²) in [6.07, 6.45) is 1.49. The molecule has 226 valence electrons. The van der Waals surface area contributed by atoms with Gasteiger partial charge in [-0.3, -0.25) is 4.79 Å². The number of benzene rings is 4. The van der Waals surface area contributed by atoms with Crippen LogP contribution in [-0.2, 0) is 17.6 Å². The summed E-state index contributed by atoms with van der Waals surface area (Å²) in [4.78, 5) is 45.6. The quantitative estimate of drug-likeness (QED) is 0.106. The molecule has 7 heteroatoms. The smallest absolute Gasteiger partial charge is 0.343 e. The number of carbonyl (C=O) groups excluding carboxylic acids is 3. The van der Waals surface area contributed by atoms with Gasteiger partial charge in [-0.05, 0) is 60.9 Å². The van der Waals surface area contributed by atoms with Crippen LogP contribution in [0.15, 0.2) is 115 Å². The van der Waals surface area contributed by atoms with Crippen LogP contribution in [0.5, 0.6) is 17.2 Å². The van der Waals surface area contributed by atoms with Crippen LogP contribution < -0.4 is 9.47 Å². The van der Waals surface area contributed by atoms with E-state index in [1.165, 1.54) is 0 Å². The number of aromatic nitrogens is 1. The second kappa shape index (κ2) is 14.8. The second-order valence-electron chi connectivity index (χ2n) is 10.4. The molecule has 0 radical (unpaired) electrons. The highest BCUT2D eigenvalue weighted by molar-refractivity contribution is 6.11. The number of carbonyl (C=O) groups is 3. The number of nitrogens with zero attached hydrogens (tertiary/aromatic N) is 1. The maximum absolute atomic E-state index is 14.0. The molecule has 5 rings (SSSR count). The highest BCUT2D eigenvalue weighted by Crippen LogP contribution is 2.32. The van der Waals surface area contributed by atoms with Crippen LogP contribution in [0.3, 0.4) is 0 Å². The van der Waals surface area contributed by atoms with Gasteiger partial charge in [0.05, 0.1) is 17.9 Å². The first-order valence-corrected chi connectivity index (χ1v) is 14.8. The van der Waals surface area contributed by atoms with E-state index in [-0.39, 0.29) is 29.2 Å². The molecule has 4 aromatic carbocycles. The molecular formula is C38H33NO6. The van der Waals surface area contributed by atoms with Gasteiger partial charge < -0.3 is 14.2 Å². The van der Waals surface area contributed by atoms with Gasteiger partial charge in [-0.1, -0.05) is 92.2 Å². The van der Waals surface area contributed by atoms with Crippen molar-refractivity contribution in [2.75, 3.05) is 6.61 Å². The Labute approximate surface area is 262 Å². The topological polar surface area (TPSA) is 91.8 Å². The Morgan fingerprint density at radius 2 is 1.31 bits per heavy atom. The van der Waals surface area contributed by atoms with Crippen molar-refractivity contribution in [3.63, 3.8) is 0 Å². The second-order valence-corrected chi connectivity index (χ2v) is 10.4. The minimum Gasteiger partial charge on any atom is -0.462 e. The number of para-hydroxylation sites is 1. The zero-order chi connectivity index (χ0) is 31.6. The third-order valence-electron chi connectivity index (χ3n) is 7.12. The standard InChI is InChI=1S/C38H33NO6/c1-3-14-32-36(45-37(41)28-17-9-5-10-18-28)33(38(42)43-24-23-27-15-7-4-8-16-27)26(2)34(39-32)35(40)29-19-13-22-31(25-29)44-30-20-11-6-12-21-30/h4-13,15-22,25H,3,14,23-24H2,1-2H3. The molecule has 0 amide bonds. The maximum Gasteiger partial charge on any atom is 0.343 e. The lowest BCUT2D eigenvalue weighted by atomic mass is 9.97. The summed E-state index contributed by atoms with van der Waals surface area (Å²) in [7, 11) is 0. The van der Waals surface area contributed by atoms with E-state index < -0.39 is 17.7 Å². The van der Waals surface area contributed by atoms with Crippen molar-refractivity contribution in [2.45, 2.75) is 33.1 Å². The summed E-state index contributed by atoms with van der Waals surface area (Å²) in [6.45, 7) is 3.66. The summed E-state index contributed by atoms with van der Waals surface area (Å²) >= 11 is 0. The van der Waals surface area contributed by atoms with E-state index in [1.807, 2.05) is 67.6 Å². The number of ketones is 1. The van der Waals surface area contributed by atoms with Gasteiger partial charge in [0.1, 0.15) is 22.8 Å². The molecule has 0 spiro atoms. The first-order valence-electron chi connectivity index (χ1n) is 14.8. The molecule has 0 unspecified atom stereocenters. The van der Waals surface area contributed by atoms with E-state index in [9.17, 15) is 14.4 Å². The molecule has 0 bridgehead atoms. The Bertz CT molecular complexity index is 1790. The predicted octanol–water partition coefficient (Wildman–Crippen LogP) is 7.98. The normalized spacial score (nSPS) is 10.6. The zero-order valence-electron chi connectivity index (χ0n) is 25.2. The maximum atomic E-state index is 14.0. The largest absolute Gasteiger partial charge is 0.462 e. The molecule has 0 atom stereocenters. The number of hydrogen-bond donors (Lipinski definition) is 0. The fraction of sp³-hybridized carbons (Fsp3) is 0.158. The van der Waals surface area contributed by atoms with Crippen molar-refractivity contribution in [1.82, 2.24) is 4.98 Å². The molecule has 0 N–H and O–H groups in total. The van der Waals surface area contributed by atoms with E-state index in [2.05, 4.69) is 0 Å². The average molecular weight is 600 g/mol. The lowest BCUT2D eigenvalue weighted by Crippen LogP contribution is -2.21. The van der Waals surface area contributed by atoms with Crippen LogP contribution in [0.2, 0.25) is 0 Å². The number of aryl methyl sites for hydroxylation is 1. The van der Waals surface area contributed by atoms with E-state index in [0.717, 1.165) is 5.56 Å². The van der Waals surface area contributed by atoms with Crippen LogP contribution in [0, 0.1) is 6.92 Å². The molecule has 5 aromatic rings. The van der Waals surface area contributed by atoms with E-state index in [4.69, 9.17) is 19.2 Å². The van der Waals surface area contributed by atoms with Gasteiger partial charge in [0.25, 0.3) is 0 Å². The third-order valence-corrected chi connectivity index (χ3v) is 7.12. The zero-order valence-corrected chi connectivity index (χ0v) is 25.2. The highest BCUT2D eigenvalue weighted by atomic mass is 16.5. The van der Waals surface area contributed by atoms with E-state index in [0.29, 0.717) is 47.6 Å². The van der Waals surface area contributed by atoms with Gasteiger partial charge in [0.15, 0.2) is 5.75 Å². The van der Waals surface area contributed by atoms with Crippen molar-refractivity contribution >= 4 is 17.7 Å². The fourth-order valence-corrected chi connectivity index (χ4v) is 4.85. The summed E-state index contributed by atoms with van der Waals surface area (Å²) in [5.74, 6) is -0.626. The number of rotatable bonds is 12. The van der Waals surface area contributed by atoms with E-state index in [1.54, 1.807) is 61.5 Å². The Kier molecular flexibility index (Phi) is 10.1.